The van der Waals surface area contributed by atoms with Crippen LogP contribution in [0.1, 0.15) is 40.0 Å². The van der Waals surface area contributed by atoms with Gasteiger partial charge < -0.3 is 10.1 Å². The molecule has 2 aliphatic rings. The van der Waals surface area contributed by atoms with Gasteiger partial charge in [0.1, 0.15) is 0 Å². The van der Waals surface area contributed by atoms with E-state index in [0.717, 1.165) is 19.6 Å². The Bertz CT molecular complexity index is 218. The van der Waals surface area contributed by atoms with Crippen molar-refractivity contribution in [1.29, 1.82) is 0 Å². The maximum atomic E-state index is 6.20. The summed E-state index contributed by atoms with van der Waals surface area (Å²) in [6, 6.07) is 0. The summed E-state index contributed by atoms with van der Waals surface area (Å²) < 4.78 is 6.20. The molecule has 2 aliphatic heterocycles. The molecule has 0 saturated carbocycles. The second-order valence-corrected chi connectivity index (χ2v) is 6.11. The molecule has 2 rings (SSSR count). The summed E-state index contributed by atoms with van der Waals surface area (Å²) in [4.78, 5) is 2.54. The van der Waals surface area contributed by atoms with Crippen LogP contribution in [0.5, 0.6) is 0 Å². The van der Waals surface area contributed by atoms with E-state index in [-0.39, 0.29) is 0 Å². The minimum absolute atomic E-state index is 0.298. The SMILES string of the molecule is CC(C)(C)N1CC[C@H](OC2CCNCC2)C1. The van der Waals surface area contributed by atoms with Crippen LogP contribution >= 0.6 is 0 Å². The lowest BCUT2D eigenvalue weighted by Gasteiger charge is -2.32. The standard InChI is InChI=1S/C13H26N2O/c1-13(2,3)15-9-6-12(10-15)16-11-4-7-14-8-5-11/h11-12,14H,4-10H2,1-3H3/t12-/m0/s1. The fourth-order valence-electron chi connectivity index (χ4n) is 2.65. The Kier molecular flexibility index (Phi) is 3.88. The first-order valence-corrected chi connectivity index (χ1v) is 6.67. The van der Waals surface area contributed by atoms with Crippen LogP contribution in [-0.4, -0.2) is 48.8 Å². The monoisotopic (exact) mass is 226 g/mol. The molecule has 0 amide bonds. The van der Waals surface area contributed by atoms with E-state index in [0.29, 0.717) is 17.7 Å². The van der Waals surface area contributed by atoms with E-state index in [1.54, 1.807) is 0 Å². The molecule has 94 valence electrons. The number of likely N-dealkylation sites (tertiary alicyclic amines) is 1. The van der Waals surface area contributed by atoms with Crippen LogP contribution in [0.4, 0.5) is 0 Å². The maximum Gasteiger partial charge on any atom is 0.0718 e. The highest BCUT2D eigenvalue weighted by Crippen LogP contribution is 2.24. The van der Waals surface area contributed by atoms with Gasteiger partial charge in [-0.25, -0.2) is 0 Å². The Morgan fingerprint density at radius 2 is 1.75 bits per heavy atom. The fraction of sp³-hybridized carbons (Fsp3) is 1.00. The van der Waals surface area contributed by atoms with Gasteiger partial charge in [0, 0.05) is 18.6 Å². The van der Waals surface area contributed by atoms with E-state index < -0.39 is 0 Å². The Hall–Kier alpha value is -0.120. The van der Waals surface area contributed by atoms with Gasteiger partial charge in [-0.1, -0.05) is 0 Å². The first-order chi connectivity index (χ1) is 7.55. The van der Waals surface area contributed by atoms with Crippen LogP contribution in [0.2, 0.25) is 0 Å². The molecule has 0 spiro atoms. The topological polar surface area (TPSA) is 24.5 Å². The zero-order valence-electron chi connectivity index (χ0n) is 11.0. The summed E-state index contributed by atoms with van der Waals surface area (Å²) in [7, 11) is 0. The summed E-state index contributed by atoms with van der Waals surface area (Å²) in [5, 5.41) is 3.38. The number of ether oxygens (including phenoxy) is 1. The van der Waals surface area contributed by atoms with E-state index in [2.05, 4.69) is 31.0 Å². The smallest absolute Gasteiger partial charge is 0.0718 e. The second kappa shape index (κ2) is 5.03. The Balaban J connectivity index is 1.76. The second-order valence-electron chi connectivity index (χ2n) is 6.11. The third kappa shape index (κ3) is 3.19. The number of rotatable bonds is 2. The average molecular weight is 226 g/mol. The average Bonchev–Trinajstić information content (AvgIpc) is 2.67. The Morgan fingerprint density at radius 3 is 2.31 bits per heavy atom. The number of nitrogens with zero attached hydrogens (tertiary/aromatic N) is 1. The van der Waals surface area contributed by atoms with E-state index in [1.807, 2.05) is 0 Å². The largest absolute Gasteiger partial charge is 0.374 e. The zero-order chi connectivity index (χ0) is 11.6. The lowest BCUT2D eigenvalue weighted by Crippen LogP contribution is -2.41. The molecule has 2 fully saturated rings. The van der Waals surface area contributed by atoms with Crippen molar-refractivity contribution in [3.05, 3.63) is 0 Å². The number of hydrogen-bond donors (Lipinski definition) is 1. The molecule has 0 bridgehead atoms. The summed E-state index contributed by atoms with van der Waals surface area (Å²) in [5.74, 6) is 0. The van der Waals surface area contributed by atoms with Gasteiger partial charge in [0.25, 0.3) is 0 Å². The van der Waals surface area contributed by atoms with Crippen molar-refractivity contribution in [2.24, 2.45) is 0 Å². The van der Waals surface area contributed by atoms with Gasteiger partial charge in [0.05, 0.1) is 12.2 Å². The van der Waals surface area contributed by atoms with Crippen molar-refractivity contribution in [3.63, 3.8) is 0 Å². The van der Waals surface area contributed by atoms with Crippen molar-refractivity contribution in [2.75, 3.05) is 26.2 Å². The molecule has 0 aliphatic carbocycles. The minimum Gasteiger partial charge on any atom is -0.374 e. The van der Waals surface area contributed by atoms with Crippen molar-refractivity contribution in [1.82, 2.24) is 10.2 Å². The van der Waals surface area contributed by atoms with Crippen LogP contribution in [0, 0.1) is 0 Å². The minimum atomic E-state index is 0.298. The Morgan fingerprint density at radius 1 is 1.06 bits per heavy atom. The number of nitrogens with one attached hydrogen (secondary N) is 1. The molecule has 0 aromatic heterocycles. The molecule has 1 atom stereocenters. The van der Waals surface area contributed by atoms with Gasteiger partial charge in [-0.2, -0.15) is 0 Å². The first-order valence-electron chi connectivity index (χ1n) is 6.67. The third-order valence-electron chi connectivity index (χ3n) is 3.76. The van der Waals surface area contributed by atoms with E-state index in [9.17, 15) is 0 Å². The van der Waals surface area contributed by atoms with Crippen LogP contribution in [0.15, 0.2) is 0 Å². The lowest BCUT2D eigenvalue weighted by molar-refractivity contribution is -0.0245. The van der Waals surface area contributed by atoms with Crippen molar-refractivity contribution in [2.45, 2.75) is 57.8 Å². The summed E-state index contributed by atoms with van der Waals surface area (Å²) in [6.07, 6.45) is 4.56. The normalized spacial score (nSPS) is 29.8. The predicted molar refractivity (Wildman–Crippen MR) is 66.7 cm³/mol. The number of hydrogen-bond acceptors (Lipinski definition) is 3. The first kappa shape index (κ1) is 12.3. The quantitative estimate of drug-likeness (QED) is 0.774. The molecule has 0 aromatic carbocycles. The van der Waals surface area contributed by atoms with Gasteiger partial charge in [-0.15, -0.1) is 0 Å². The van der Waals surface area contributed by atoms with E-state index in [4.69, 9.17) is 4.74 Å². The van der Waals surface area contributed by atoms with Crippen LogP contribution in [0.3, 0.4) is 0 Å². The maximum absolute atomic E-state index is 6.20. The number of piperidine rings is 1. The van der Waals surface area contributed by atoms with Gasteiger partial charge in [-0.3, -0.25) is 4.90 Å². The van der Waals surface area contributed by atoms with E-state index >= 15 is 0 Å². The predicted octanol–water partition coefficient (Wildman–Crippen LogP) is 1.63. The molecule has 1 N–H and O–H groups in total. The molecule has 3 heteroatoms. The highest BCUT2D eigenvalue weighted by Gasteiger charge is 2.32. The highest BCUT2D eigenvalue weighted by molar-refractivity contribution is 4.86. The summed E-state index contributed by atoms with van der Waals surface area (Å²) in [6.45, 7) is 11.4. The third-order valence-corrected chi connectivity index (χ3v) is 3.76. The van der Waals surface area contributed by atoms with Crippen LogP contribution < -0.4 is 5.32 Å². The van der Waals surface area contributed by atoms with Gasteiger partial charge in [0.2, 0.25) is 0 Å². The molecule has 0 aromatic rings. The molecule has 2 heterocycles. The molecule has 0 radical (unpaired) electrons. The molecular formula is C13H26N2O. The summed E-state index contributed by atoms with van der Waals surface area (Å²) >= 11 is 0. The Labute approximate surface area is 99.5 Å². The molecule has 0 unspecified atom stereocenters. The lowest BCUT2D eigenvalue weighted by atomic mass is 10.1. The summed E-state index contributed by atoms with van der Waals surface area (Å²) in [5.41, 5.74) is 0.298. The van der Waals surface area contributed by atoms with Gasteiger partial charge in [-0.05, 0) is 53.1 Å². The van der Waals surface area contributed by atoms with E-state index in [1.165, 1.54) is 25.8 Å². The molecule has 3 nitrogen and oxygen atoms in total. The van der Waals surface area contributed by atoms with Crippen molar-refractivity contribution >= 4 is 0 Å². The van der Waals surface area contributed by atoms with Crippen molar-refractivity contribution in [3.8, 4) is 0 Å². The van der Waals surface area contributed by atoms with Gasteiger partial charge >= 0.3 is 0 Å². The highest BCUT2D eigenvalue weighted by atomic mass is 16.5. The van der Waals surface area contributed by atoms with Crippen molar-refractivity contribution < 1.29 is 4.74 Å². The molecule has 2 saturated heterocycles. The van der Waals surface area contributed by atoms with Crippen LogP contribution in [0.25, 0.3) is 0 Å². The fourth-order valence-corrected chi connectivity index (χ4v) is 2.65. The molecular weight excluding hydrogens is 200 g/mol. The van der Waals surface area contributed by atoms with Crippen LogP contribution in [-0.2, 0) is 4.74 Å². The zero-order valence-corrected chi connectivity index (χ0v) is 11.0. The molecule has 16 heavy (non-hydrogen) atoms. The van der Waals surface area contributed by atoms with Gasteiger partial charge in [0.15, 0.2) is 0 Å².